The van der Waals surface area contributed by atoms with Crippen molar-refractivity contribution in [2.24, 2.45) is 23.7 Å². The number of benzene rings is 2. The Morgan fingerprint density at radius 1 is 1.11 bits per heavy atom. The van der Waals surface area contributed by atoms with Crippen LogP contribution in [-0.2, 0) is 19.1 Å². The Balaban J connectivity index is 1.65. The second-order valence-corrected chi connectivity index (χ2v) is 13.7. The van der Waals surface area contributed by atoms with E-state index in [1.807, 2.05) is 46.8 Å². The van der Waals surface area contributed by atoms with Crippen LogP contribution in [0.2, 0.25) is 5.02 Å². The van der Waals surface area contributed by atoms with Crippen LogP contribution in [-0.4, -0.2) is 77.3 Å². The maximum Gasteiger partial charge on any atom is 0.253 e. The fraction of sp³-hybridized carbons (Fsp3) is 0.486. The molecule has 0 aliphatic carbocycles. The van der Waals surface area contributed by atoms with Crippen molar-refractivity contribution in [3.63, 3.8) is 0 Å². The molecular formula is C37H46ClN3O6. The van der Waals surface area contributed by atoms with Crippen molar-refractivity contribution in [1.82, 2.24) is 4.90 Å². The van der Waals surface area contributed by atoms with Crippen LogP contribution in [0.1, 0.15) is 41.0 Å². The SMILES string of the molecule is C=CCN(C(=O)[C@H]1[C@H]2C(=O)N([C@@H](CO)C(C)C)C(C(=O)N(CC=C)c3ccccc3Cl)C23CC(C)[C@]1(C)O3)c1ccc(OCC)cc1. The minimum atomic E-state index is -1.32. The number of halogens is 1. The number of nitrogens with zero attached hydrogens (tertiary/aromatic N) is 3. The molecule has 3 aliphatic heterocycles. The van der Waals surface area contributed by atoms with Gasteiger partial charge >= 0.3 is 0 Å². The standard InChI is InChI=1S/C37H46ClN3O6/c1-8-19-39(25-15-17-26(18-16-25)46-10-3)33(43)30-31-34(44)41(29(22-42)23(4)5)32(37(31)21-24(6)36(30,7)47-37)35(45)40(20-9-2)28-14-12-11-13-27(28)38/h8-9,11-18,23-24,29-32,42H,1-2,10,19-22H2,3-7H3/t24?,29-,30+,31-,32?,36-,37?/m0/s1. The number of rotatable bonds is 13. The molecule has 0 radical (unpaired) electrons. The van der Waals surface area contributed by atoms with Gasteiger partial charge in [-0.1, -0.05) is 56.7 Å². The molecule has 9 nitrogen and oxygen atoms in total. The zero-order valence-corrected chi connectivity index (χ0v) is 28.7. The van der Waals surface area contributed by atoms with Crippen molar-refractivity contribution < 1.29 is 29.0 Å². The Bertz CT molecular complexity index is 1530. The molecule has 1 N–H and O–H groups in total. The van der Waals surface area contributed by atoms with Crippen LogP contribution in [0.5, 0.6) is 5.75 Å². The van der Waals surface area contributed by atoms with Gasteiger partial charge in [0.05, 0.1) is 47.4 Å². The summed E-state index contributed by atoms with van der Waals surface area (Å²) in [6, 6.07) is 12.5. The fourth-order valence-electron chi connectivity index (χ4n) is 8.07. The number of fused-ring (bicyclic) bond motifs is 1. The Kier molecular flexibility index (Phi) is 9.92. The Morgan fingerprint density at radius 2 is 1.74 bits per heavy atom. The van der Waals surface area contributed by atoms with E-state index in [1.54, 1.807) is 53.5 Å². The highest BCUT2D eigenvalue weighted by molar-refractivity contribution is 6.34. The number of anilines is 2. The summed E-state index contributed by atoms with van der Waals surface area (Å²) in [6.45, 7) is 17.9. The maximum absolute atomic E-state index is 15.0. The molecule has 2 aromatic carbocycles. The number of para-hydroxylation sites is 1. The van der Waals surface area contributed by atoms with Gasteiger partial charge in [-0.05, 0) is 68.5 Å². The quantitative estimate of drug-likeness (QED) is 0.284. The highest BCUT2D eigenvalue weighted by Gasteiger charge is 2.80. The summed E-state index contributed by atoms with van der Waals surface area (Å²) in [6.07, 6.45) is 3.65. The van der Waals surface area contributed by atoms with Gasteiger partial charge in [-0.25, -0.2) is 0 Å². The second-order valence-electron chi connectivity index (χ2n) is 13.3. The first kappa shape index (κ1) is 34.7. The molecule has 3 aliphatic rings. The Labute approximate surface area is 282 Å². The van der Waals surface area contributed by atoms with Gasteiger partial charge in [0, 0.05) is 18.8 Å². The minimum absolute atomic E-state index is 0.132. The van der Waals surface area contributed by atoms with E-state index in [1.165, 1.54) is 9.80 Å². The number of ether oxygens (including phenoxy) is 2. The normalized spacial score (nSPS) is 28.3. The number of carbonyl (C=O) groups is 3. The molecule has 10 heteroatoms. The van der Waals surface area contributed by atoms with E-state index in [0.29, 0.717) is 35.2 Å². The summed E-state index contributed by atoms with van der Waals surface area (Å²) in [7, 11) is 0. The number of hydrogen-bond donors (Lipinski definition) is 1. The van der Waals surface area contributed by atoms with Crippen molar-refractivity contribution in [1.29, 1.82) is 0 Å². The Morgan fingerprint density at radius 3 is 2.32 bits per heavy atom. The summed E-state index contributed by atoms with van der Waals surface area (Å²) in [5.74, 6) is -2.57. The topological polar surface area (TPSA) is 99.6 Å². The molecule has 47 heavy (non-hydrogen) atoms. The number of hydrogen-bond acceptors (Lipinski definition) is 6. The predicted molar refractivity (Wildman–Crippen MR) is 183 cm³/mol. The highest BCUT2D eigenvalue weighted by Crippen LogP contribution is 2.66. The third-order valence-electron chi connectivity index (χ3n) is 10.3. The zero-order chi connectivity index (χ0) is 34.3. The number of aliphatic hydroxyl groups excluding tert-OH is 1. The van der Waals surface area contributed by atoms with Gasteiger partial charge in [0.1, 0.15) is 17.4 Å². The molecule has 3 saturated heterocycles. The number of carbonyl (C=O) groups excluding carboxylic acids is 3. The lowest BCUT2D eigenvalue weighted by molar-refractivity contribution is -0.150. The molecule has 0 saturated carbocycles. The summed E-state index contributed by atoms with van der Waals surface area (Å²) >= 11 is 6.61. The first-order valence-corrected chi connectivity index (χ1v) is 16.7. The van der Waals surface area contributed by atoms with Gasteiger partial charge in [-0.15, -0.1) is 13.2 Å². The van der Waals surface area contributed by atoms with Crippen LogP contribution in [0, 0.1) is 23.7 Å². The summed E-state index contributed by atoms with van der Waals surface area (Å²) in [4.78, 5) is 49.4. The summed E-state index contributed by atoms with van der Waals surface area (Å²) in [5, 5.41) is 11.0. The Hall–Kier alpha value is -3.66. The van der Waals surface area contributed by atoms with E-state index in [0.717, 1.165) is 0 Å². The molecule has 3 heterocycles. The molecule has 3 fully saturated rings. The minimum Gasteiger partial charge on any atom is -0.494 e. The first-order valence-electron chi connectivity index (χ1n) is 16.4. The second kappa shape index (κ2) is 13.5. The molecule has 3 unspecified atom stereocenters. The van der Waals surface area contributed by atoms with Crippen LogP contribution < -0.4 is 14.5 Å². The molecule has 5 rings (SSSR count). The highest BCUT2D eigenvalue weighted by atomic mass is 35.5. The molecule has 2 aromatic rings. The van der Waals surface area contributed by atoms with E-state index >= 15 is 0 Å². The van der Waals surface area contributed by atoms with Gasteiger partial charge in [0.15, 0.2) is 0 Å². The van der Waals surface area contributed by atoms with Crippen molar-refractivity contribution in [3.05, 3.63) is 78.9 Å². The molecule has 2 bridgehead atoms. The lowest BCUT2D eigenvalue weighted by atomic mass is 9.62. The summed E-state index contributed by atoms with van der Waals surface area (Å²) in [5.41, 5.74) is -1.24. The van der Waals surface area contributed by atoms with Gasteiger partial charge in [0.2, 0.25) is 11.8 Å². The lowest BCUT2D eigenvalue weighted by Crippen LogP contribution is -2.60. The predicted octanol–water partition coefficient (Wildman–Crippen LogP) is 5.50. The average Bonchev–Trinajstić information content (AvgIpc) is 3.56. The van der Waals surface area contributed by atoms with Crippen LogP contribution in [0.3, 0.4) is 0 Å². The van der Waals surface area contributed by atoms with Gasteiger partial charge in [0.25, 0.3) is 5.91 Å². The van der Waals surface area contributed by atoms with Crippen LogP contribution >= 0.6 is 11.6 Å². The molecule has 3 amide bonds. The third kappa shape index (κ3) is 5.56. The van der Waals surface area contributed by atoms with Crippen molar-refractivity contribution in [3.8, 4) is 5.75 Å². The first-order chi connectivity index (χ1) is 22.4. The smallest absolute Gasteiger partial charge is 0.253 e. The average molecular weight is 664 g/mol. The van der Waals surface area contributed by atoms with Gasteiger partial charge < -0.3 is 29.3 Å². The molecule has 0 aromatic heterocycles. The number of amides is 3. The van der Waals surface area contributed by atoms with Crippen LogP contribution in [0.4, 0.5) is 11.4 Å². The van der Waals surface area contributed by atoms with E-state index in [-0.39, 0.29) is 43.3 Å². The van der Waals surface area contributed by atoms with E-state index in [4.69, 9.17) is 21.1 Å². The number of aliphatic hydroxyl groups is 1. The van der Waals surface area contributed by atoms with Gasteiger partial charge in [-0.2, -0.15) is 0 Å². The van der Waals surface area contributed by atoms with Crippen molar-refractivity contribution in [2.75, 3.05) is 36.1 Å². The fourth-order valence-corrected chi connectivity index (χ4v) is 8.31. The van der Waals surface area contributed by atoms with Crippen LogP contribution in [0.15, 0.2) is 73.8 Å². The monoisotopic (exact) mass is 663 g/mol. The van der Waals surface area contributed by atoms with E-state index in [9.17, 15) is 19.5 Å². The van der Waals surface area contributed by atoms with E-state index < -0.39 is 41.0 Å². The molecule has 1 spiro atoms. The number of likely N-dealkylation sites (tertiary alicyclic amines) is 1. The third-order valence-corrected chi connectivity index (χ3v) is 10.6. The molecule has 7 atom stereocenters. The van der Waals surface area contributed by atoms with Crippen molar-refractivity contribution in [2.45, 2.75) is 64.3 Å². The molecular weight excluding hydrogens is 618 g/mol. The maximum atomic E-state index is 15.0. The zero-order valence-electron chi connectivity index (χ0n) is 27.9. The molecule has 252 valence electrons. The van der Waals surface area contributed by atoms with Crippen LogP contribution in [0.25, 0.3) is 0 Å². The largest absolute Gasteiger partial charge is 0.494 e. The van der Waals surface area contributed by atoms with E-state index in [2.05, 4.69) is 13.2 Å². The summed E-state index contributed by atoms with van der Waals surface area (Å²) < 4.78 is 12.6. The lowest BCUT2D eigenvalue weighted by Gasteiger charge is -2.40. The van der Waals surface area contributed by atoms with Gasteiger partial charge in [-0.3, -0.25) is 14.4 Å². The van der Waals surface area contributed by atoms with Crippen molar-refractivity contribution >= 4 is 40.7 Å².